The average Bonchev–Trinajstić information content (AvgIpc) is 3.33. The molecule has 0 aliphatic rings. The molecule has 4 aromatic rings. The largest absolute Gasteiger partial charge is 0.385 e. The summed E-state index contributed by atoms with van der Waals surface area (Å²) in [5, 5.41) is 12.9. The minimum Gasteiger partial charge on any atom is -0.385 e. The molecule has 1 N–H and O–H groups in total. The Bertz CT molecular complexity index is 1340. The third-order valence-corrected chi connectivity index (χ3v) is 7.00. The summed E-state index contributed by atoms with van der Waals surface area (Å²) in [5.41, 5.74) is 1.32. The van der Waals surface area contributed by atoms with E-state index in [0.29, 0.717) is 46.4 Å². The van der Waals surface area contributed by atoms with Crippen LogP contribution in [0.1, 0.15) is 26.8 Å². The summed E-state index contributed by atoms with van der Waals surface area (Å²) in [5.74, 6) is -0.262. The quantitative estimate of drug-likeness (QED) is 0.202. The number of amides is 1. The molecule has 1 amide bonds. The van der Waals surface area contributed by atoms with Crippen molar-refractivity contribution in [3.8, 4) is 0 Å². The van der Waals surface area contributed by atoms with Gasteiger partial charge in [0.2, 0.25) is 5.01 Å². The lowest BCUT2D eigenvalue weighted by Crippen LogP contribution is -2.24. The number of carbonyl (C=O) groups excluding carboxylic acids is 1. The van der Waals surface area contributed by atoms with Gasteiger partial charge in [0.05, 0.1) is 16.7 Å². The Kier molecular flexibility index (Phi) is 7.99. The molecule has 0 atom stereocenters. The van der Waals surface area contributed by atoms with Gasteiger partial charge in [-0.25, -0.2) is 9.37 Å². The van der Waals surface area contributed by atoms with Gasteiger partial charge in [0.1, 0.15) is 10.8 Å². The highest BCUT2D eigenvalue weighted by Crippen LogP contribution is 2.24. The van der Waals surface area contributed by atoms with Crippen molar-refractivity contribution < 1.29 is 13.9 Å². The number of thioether (sulfide) groups is 1. The minimum absolute atomic E-state index is 0.0951. The van der Waals surface area contributed by atoms with Gasteiger partial charge in [-0.3, -0.25) is 14.2 Å². The molecule has 0 radical (unpaired) electrons. The molecular formula is C23H22FN5O3S2. The maximum Gasteiger partial charge on any atom is 0.282 e. The van der Waals surface area contributed by atoms with Crippen LogP contribution in [0.25, 0.3) is 10.9 Å². The summed E-state index contributed by atoms with van der Waals surface area (Å²) in [7, 11) is 1.62. The van der Waals surface area contributed by atoms with Crippen molar-refractivity contribution in [3.63, 3.8) is 0 Å². The van der Waals surface area contributed by atoms with Gasteiger partial charge in [-0.2, -0.15) is 0 Å². The number of hydrogen-bond acceptors (Lipinski definition) is 8. The van der Waals surface area contributed by atoms with E-state index in [0.717, 1.165) is 5.56 Å². The average molecular weight is 500 g/mol. The Hall–Kier alpha value is -3.15. The van der Waals surface area contributed by atoms with E-state index in [4.69, 9.17) is 4.74 Å². The van der Waals surface area contributed by atoms with Gasteiger partial charge in [-0.1, -0.05) is 47.4 Å². The first kappa shape index (κ1) is 24.0. The van der Waals surface area contributed by atoms with Gasteiger partial charge in [-0.15, -0.1) is 10.2 Å². The van der Waals surface area contributed by atoms with Crippen molar-refractivity contribution in [2.45, 2.75) is 30.4 Å². The predicted octanol–water partition coefficient (Wildman–Crippen LogP) is 3.65. The van der Waals surface area contributed by atoms with Gasteiger partial charge < -0.3 is 10.1 Å². The first-order chi connectivity index (χ1) is 16.5. The lowest BCUT2D eigenvalue weighted by molar-refractivity contribution is 0.0950. The number of methoxy groups -OCH3 is 1. The number of carbonyl (C=O) groups is 1. The molecule has 176 valence electrons. The lowest BCUT2D eigenvalue weighted by Gasteiger charge is -2.12. The van der Waals surface area contributed by atoms with E-state index < -0.39 is 0 Å². The van der Waals surface area contributed by atoms with Crippen molar-refractivity contribution >= 4 is 39.9 Å². The minimum atomic E-state index is -0.349. The van der Waals surface area contributed by atoms with E-state index in [1.54, 1.807) is 29.9 Å². The van der Waals surface area contributed by atoms with Crippen molar-refractivity contribution in [1.29, 1.82) is 0 Å². The Morgan fingerprint density at radius 2 is 1.97 bits per heavy atom. The zero-order chi connectivity index (χ0) is 23.9. The number of ether oxygens (including phenoxy) is 1. The highest BCUT2D eigenvalue weighted by Gasteiger charge is 2.15. The molecule has 0 saturated heterocycles. The Morgan fingerprint density at radius 1 is 1.18 bits per heavy atom. The second kappa shape index (κ2) is 11.3. The van der Waals surface area contributed by atoms with Crippen molar-refractivity contribution in [3.05, 3.63) is 80.3 Å². The van der Waals surface area contributed by atoms with Crippen LogP contribution >= 0.6 is 23.1 Å². The molecule has 0 bridgehead atoms. The standard InChI is InChI=1S/C23H22FN5O3S2/c1-32-12-4-11-29-22(31)17-5-2-3-6-18(17)26-23(29)33-14-19-27-28-21(34-19)20(30)25-13-15-7-9-16(24)10-8-15/h2-3,5-10H,4,11-14H2,1H3,(H,25,30). The SMILES string of the molecule is COCCCn1c(SCc2nnc(C(=O)NCc3ccc(F)cc3)s2)nc2ccccc2c1=O. The number of hydrogen-bond donors (Lipinski definition) is 1. The van der Waals surface area contributed by atoms with Crippen LogP contribution in [0.15, 0.2) is 58.5 Å². The summed E-state index contributed by atoms with van der Waals surface area (Å²) < 4.78 is 19.8. The van der Waals surface area contributed by atoms with Crippen LogP contribution in [-0.4, -0.2) is 39.4 Å². The van der Waals surface area contributed by atoms with E-state index in [1.807, 2.05) is 18.2 Å². The molecular weight excluding hydrogens is 477 g/mol. The van der Waals surface area contributed by atoms with E-state index in [-0.39, 0.29) is 28.8 Å². The molecule has 0 aliphatic carbocycles. The number of nitrogens with zero attached hydrogens (tertiary/aromatic N) is 4. The fraction of sp³-hybridized carbons (Fsp3) is 0.261. The van der Waals surface area contributed by atoms with Gasteiger partial charge >= 0.3 is 0 Å². The zero-order valence-electron chi connectivity index (χ0n) is 18.4. The highest BCUT2D eigenvalue weighted by atomic mass is 32.2. The van der Waals surface area contributed by atoms with E-state index >= 15 is 0 Å². The lowest BCUT2D eigenvalue weighted by atomic mass is 10.2. The van der Waals surface area contributed by atoms with E-state index in [1.165, 1.54) is 35.2 Å². The smallest absolute Gasteiger partial charge is 0.282 e. The van der Waals surface area contributed by atoms with Gasteiger partial charge in [0, 0.05) is 26.8 Å². The molecule has 4 rings (SSSR count). The van der Waals surface area contributed by atoms with Crippen LogP contribution in [0, 0.1) is 5.82 Å². The maximum absolute atomic E-state index is 13.0. The molecule has 0 fully saturated rings. The van der Waals surface area contributed by atoms with Crippen molar-refractivity contribution in [2.24, 2.45) is 0 Å². The molecule has 2 aromatic carbocycles. The van der Waals surface area contributed by atoms with Crippen LogP contribution in [0.3, 0.4) is 0 Å². The molecule has 0 spiro atoms. The first-order valence-electron chi connectivity index (χ1n) is 10.5. The van der Waals surface area contributed by atoms with Crippen LogP contribution in [0.4, 0.5) is 4.39 Å². The topological polar surface area (TPSA) is 99.0 Å². The Balaban J connectivity index is 1.44. The molecule has 8 nitrogen and oxygen atoms in total. The molecule has 2 aromatic heterocycles. The van der Waals surface area contributed by atoms with E-state index in [9.17, 15) is 14.0 Å². The second-order valence-electron chi connectivity index (χ2n) is 7.31. The molecule has 2 heterocycles. The molecule has 0 saturated carbocycles. The van der Waals surface area contributed by atoms with Crippen LogP contribution in [0.5, 0.6) is 0 Å². The number of nitrogens with one attached hydrogen (secondary N) is 1. The third kappa shape index (κ3) is 5.85. The van der Waals surface area contributed by atoms with E-state index in [2.05, 4.69) is 20.5 Å². The molecule has 0 unspecified atom stereocenters. The summed E-state index contributed by atoms with van der Waals surface area (Å²) in [6.45, 7) is 1.29. The molecule has 34 heavy (non-hydrogen) atoms. The van der Waals surface area contributed by atoms with Gasteiger partial charge in [0.15, 0.2) is 5.16 Å². The Morgan fingerprint density at radius 3 is 2.76 bits per heavy atom. The van der Waals surface area contributed by atoms with Gasteiger partial charge in [-0.05, 0) is 36.2 Å². The second-order valence-corrected chi connectivity index (χ2v) is 9.32. The summed E-state index contributed by atoms with van der Waals surface area (Å²) in [6.07, 6.45) is 0.682. The predicted molar refractivity (Wildman–Crippen MR) is 130 cm³/mol. The number of benzene rings is 2. The summed E-state index contributed by atoms with van der Waals surface area (Å²) >= 11 is 2.56. The maximum atomic E-state index is 13.0. The first-order valence-corrected chi connectivity index (χ1v) is 12.3. The summed E-state index contributed by atoms with van der Waals surface area (Å²) in [4.78, 5) is 30.1. The van der Waals surface area contributed by atoms with Crippen molar-refractivity contribution in [1.82, 2.24) is 25.1 Å². The summed E-state index contributed by atoms with van der Waals surface area (Å²) in [6, 6.07) is 13.2. The fourth-order valence-electron chi connectivity index (χ4n) is 3.21. The van der Waals surface area contributed by atoms with Crippen LogP contribution in [-0.2, 0) is 23.6 Å². The zero-order valence-corrected chi connectivity index (χ0v) is 20.0. The van der Waals surface area contributed by atoms with Crippen LogP contribution < -0.4 is 10.9 Å². The Labute approximate surface area is 203 Å². The van der Waals surface area contributed by atoms with Gasteiger partial charge in [0.25, 0.3) is 11.5 Å². The monoisotopic (exact) mass is 499 g/mol. The van der Waals surface area contributed by atoms with Crippen molar-refractivity contribution in [2.75, 3.05) is 13.7 Å². The normalized spacial score (nSPS) is 11.1. The van der Waals surface area contributed by atoms with Crippen LogP contribution in [0.2, 0.25) is 0 Å². The number of aromatic nitrogens is 4. The number of halogens is 1. The number of rotatable bonds is 10. The number of fused-ring (bicyclic) bond motifs is 1. The third-order valence-electron chi connectivity index (χ3n) is 4.91. The molecule has 0 aliphatic heterocycles. The molecule has 11 heteroatoms. The number of para-hydroxylation sites is 1. The highest BCUT2D eigenvalue weighted by molar-refractivity contribution is 7.98. The fourth-order valence-corrected chi connectivity index (χ4v) is 4.98.